The number of carbonyl (C=O) groups excluding carboxylic acids is 1. The van der Waals surface area contributed by atoms with Gasteiger partial charge in [-0.05, 0) is 37.1 Å². The fraction of sp³-hybridized carbons (Fsp3) is 0.526. The first-order valence-corrected chi connectivity index (χ1v) is 9.30. The molecular weight excluding hydrogens is 372 g/mol. The molecule has 2 aromatic rings. The van der Waals surface area contributed by atoms with Gasteiger partial charge in [-0.3, -0.25) is 4.79 Å². The Morgan fingerprint density at radius 1 is 1.29 bits per heavy atom. The number of amides is 1. The molecule has 2 aliphatic heterocycles. The van der Waals surface area contributed by atoms with Gasteiger partial charge >= 0.3 is 0 Å². The minimum atomic E-state index is -1.86. The lowest BCUT2D eigenvalue weighted by Crippen LogP contribution is -2.35. The Hall–Kier alpha value is -2.55. The van der Waals surface area contributed by atoms with Gasteiger partial charge in [0.2, 0.25) is 5.67 Å². The number of benzene rings is 1. The van der Waals surface area contributed by atoms with Crippen molar-refractivity contribution >= 4 is 5.91 Å². The van der Waals surface area contributed by atoms with Gasteiger partial charge in [-0.1, -0.05) is 5.16 Å². The number of likely N-dealkylation sites (tertiary alicyclic amines) is 1. The maximum Gasteiger partial charge on any atom is 0.266 e. The van der Waals surface area contributed by atoms with Crippen LogP contribution >= 0.6 is 0 Å². The summed E-state index contributed by atoms with van der Waals surface area (Å²) in [4.78, 5) is 18.0. The summed E-state index contributed by atoms with van der Waals surface area (Å²) in [5.74, 6) is 0.160. The second-order valence-corrected chi connectivity index (χ2v) is 7.12. The number of ether oxygens (including phenoxy) is 2. The average Bonchev–Trinajstić information content (AvgIpc) is 3.36. The lowest BCUT2D eigenvalue weighted by atomic mass is 9.99. The SMILES string of the molecule is O=C(COc1ccc(F)cc1)N1CCC(F)(c2nc(C3CCOCC3)no2)C1. The summed E-state index contributed by atoms with van der Waals surface area (Å²) in [6.07, 6.45) is 1.65. The van der Waals surface area contributed by atoms with Crippen LogP contribution in [0.1, 0.15) is 36.9 Å². The van der Waals surface area contributed by atoms with Gasteiger partial charge in [0.1, 0.15) is 11.6 Å². The molecule has 2 fully saturated rings. The highest BCUT2D eigenvalue weighted by molar-refractivity contribution is 5.78. The maximum atomic E-state index is 15.3. The number of alkyl halides is 1. The second kappa shape index (κ2) is 7.83. The summed E-state index contributed by atoms with van der Waals surface area (Å²) in [5, 5.41) is 3.94. The molecule has 0 spiro atoms. The van der Waals surface area contributed by atoms with Gasteiger partial charge in [0, 0.05) is 32.1 Å². The molecule has 1 aromatic carbocycles. The summed E-state index contributed by atoms with van der Waals surface area (Å²) in [6.45, 7) is 1.08. The molecule has 9 heteroatoms. The number of rotatable bonds is 5. The highest BCUT2D eigenvalue weighted by atomic mass is 19.1. The fourth-order valence-electron chi connectivity index (χ4n) is 3.47. The zero-order valence-corrected chi connectivity index (χ0v) is 15.3. The van der Waals surface area contributed by atoms with E-state index in [1.807, 2.05) is 0 Å². The van der Waals surface area contributed by atoms with Crippen molar-refractivity contribution in [3.8, 4) is 5.75 Å². The highest BCUT2D eigenvalue weighted by Gasteiger charge is 2.46. The summed E-state index contributed by atoms with van der Waals surface area (Å²) in [6, 6.07) is 5.35. The topological polar surface area (TPSA) is 77.7 Å². The van der Waals surface area contributed by atoms with E-state index in [-0.39, 0.29) is 49.7 Å². The molecule has 1 atom stereocenters. The maximum absolute atomic E-state index is 15.3. The van der Waals surface area contributed by atoms with E-state index in [4.69, 9.17) is 14.0 Å². The second-order valence-electron chi connectivity index (χ2n) is 7.12. The van der Waals surface area contributed by atoms with E-state index in [9.17, 15) is 9.18 Å². The van der Waals surface area contributed by atoms with Crippen molar-refractivity contribution in [1.29, 1.82) is 0 Å². The molecule has 4 rings (SSSR count). The average molecular weight is 393 g/mol. The van der Waals surface area contributed by atoms with E-state index >= 15 is 4.39 Å². The van der Waals surface area contributed by atoms with Crippen LogP contribution in [0.15, 0.2) is 28.8 Å². The van der Waals surface area contributed by atoms with Gasteiger partial charge in [-0.25, -0.2) is 8.78 Å². The standard InChI is InChI=1S/C19H21F2N3O4/c20-14-1-3-15(4-2-14)27-11-16(25)24-8-7-19(21,12-24)18-22-17(23-28-18)13-5-9-26-10-6-13/h1-4,13H,5-12H2. The van der Waals surface area contributed by atoms with E-state index in [1.165, 1.54) is 29.2 Å². The number of hydrogen-bond donors (Lipinski definition) is 0. The van der Waals surface area contributed by atoms with Crippen LogP contribution in [0.5, 0.6) is 5.75 Å². The van der Waals surface area contributed by atoms with E-state index in [0.29, 0.717) is 24.8 Å². The van der Waals surface area contributed by atoms with Crippen LogP contribution in [-0.4, -0.2) is 53.9 Å². The van der Waals surface area contributed by atoms with Gasteiger partial charge in [0.05, 0.1) is 6.54 Å². The van der Waals surface area contributed by atoms with Crippen molar-refractivity contribution in [2.75, 3.05) is 32.9 Å². The number of hydrogen-bond acceptors (Lipinski definition) is 6. The highest BCUT2D eigenvalue weighted by Crippen LogP contribution is 2.36. The predicted molar refractivity (Wildman–Crippen MR) is 93.0 cm³/mol. The van der Waals surface area contributed by atoms with Crippen LogP contribution < -0.4 is 4.74 Å². The van der Waals surface area contributed by atoms with E-state index < -0.39 is 5.67 Å². The molecule has 28 heavy (non-hydrogen) atoms. The Bertz CT molecular complexity index is 823. The molecule has 0 radical (unpaired) electrons. The van der Waals surface area contributed by atoms with Crippen LogP contribution in [0.25, 0.3) is 0 Å². The normalized spacial score (nSPS) is 23.1. The summed E-state index contributed by atoms with van der Waals surface area (Å²) in [5.41, 5.74) is -1.86. The van der Waals surface area contributed by atoms with Gasteiger partial charge in [0.15, 0.2) is 12.4 Å². The van der Waals surface area contributed by atoms with Gasteiger partial charge in [-0.15, -0.1) is 0 Å². The van der Waals surface area contributed by atoms with Crippen molar-refractivity contribution in [1.82, 2.24) is 15.0 Å². The molecule has 1 amide bonds. The third-order valence-corrected chi connectivity index (χ3v) is 5.16. The lowest BCUT2D eigenvalue weighted by molar-refractivity contribution is -0.133. The number of aromatic nitrogens is 2. The van der Waals surface area contributed by atoms with Crippen molar-refractivity contribution in [3.05, 3.63) is 41.8 Å². The largest absolute Gasteiger partial charge is 0.484 e. The van der Waals surface area contributed by atoms with Crippen LogP contribution in [0.4, 0.5) is 8.78 Å². The van der Waals surface area contributed by atoms with Crippen LogP contribution in [0.3, 0.4) is 0 Å². The van der Waals surface area contributed by atoms with Crippen molar-refractivity contribution in [2.45, 2.75) is 30.8 Å². The third kappa shape index (κ3) is 3.99. The van der Waals surface area contributed by atoms with Crippen LogP contribution in [0.2, 0.25) is 0 Å². The number of nitrogens with zero attached hydrogens (tertiary/aromatic N) is 3. The zero-order chi connectivity index (χ0) is 19.6. The van der Waals surface area contributed by atoms with E-state index in [2.05, 4.69) is 10.1 Å². The Balaban J connectivity index is 1.35. The van der Waals surface area contributed by atoms with Gasteiger partial charge < -0.3 is 18.9 Å². The Kier molecular flexibility index (Phi) is 5.25. The molecule has 7 nitrogen and oxygen atoms in total. The fourth-order valence-corrected chi connectivity index (χ4v) is 3.47. The number of carbonyl (C=O) groups is 1. The molecule has 150 valence electrons. The number of halogens is 2. The molecule has 2 aliphatic rings. The van der Waals surface area contributed by atoms with E-state index in [1.54, 1.807) is 0 Å². The smallest absolute Gasteiger partial charge is 0.266 e. The zero-order valence-electron chi connectivity index (χ0n) is 15.3. The minimum absolute atomic E-state index is 0.0799. The monoisotopic (exact) mass is 393 g/mol. The van der Waals surface area contributed by atoms with E-state index in [0.717, 1.165) is 12.8 Å². The first-order chi connectivity index (χ1) is 13.5. The molecule has 0 aliphatic carbocycles. The van der Waals surface area contributed by atoms with Gasteiger partial charge in [-0.2, -0.15) is 4.98 Å². The molecular formula is C19H21F2N3O4. The Morgan fingerprint density at radius 3 is 2.79 bits per heavy atom. The molecule has 0 N–H and O–H groups in total. The first-order valence-electron chi connectivity index (χ1n) is 9.30. The quantitative estimate of drug-likeness (QED) is 0.777. The van der Waals surface area contributed by atoms with Gasteiger partial charge in [0.25, 0.3) is 11.8 Å². The molecule has 2 saturated heterocycles. The van der Waals surface area contributed by atoms with Crippen molar-refractivity contribution < 1.29 is 27.6 Å². The summed E-state index contributed by atoms with van der Waals surface area (Å²) in [7, 11) is 0. The Morgan fingerprint density at radius 2 is 2.04 bits per heavy atom. The lowest BCUT2D eigenvalue weighted by Gasteiger charge is -2.19. The molecule has 0 saturated carbocycles. The molecule has 1 aromatic heterocycles. The van der Waals surface area contributed by atoms with Crippen molar-refractivity contribution in [3.63, 3.8) is 0 Å². The predicted octanol–water partition coefficient (Wildman–Crippen LogP) is 2.58. The molecule has 1 unspecified atom stereocenters. The van der Waals surface area contributed by atoms with Crippen molar-refractivity contribution in [2.24, 2.45) is 0 Å². The molecule has 0 bridgehead atoms. The first kappa shape index (κ1) is 18.8. The van der Waals surface area contributed by atoms with Crippen LogP contribution in [-0.2, 0) is 15.2 Å². The summed E-state index contributed by atoms with van der Waals surface area (Å²) < 4.78 is 44.1. The third-order valence-electron chi connectivity index (χ3n) is 5.16. The Labute approximate surface area is 160 Å². The van der Waals surface area contributed by atoms with Crippen LogP contribution in [0, 0.1) is 5.82 Å². The molecule has 3 heterocycles. The minimum Gasteiger partial charge on any atom is -0.484 e. The summed E-state index contributed by atoms with van der Waals surface area (Å²) >= 11 is 0.